The average molecular weight is 497 g/mol. The maximum absolute atomic E-state index is 12.4. The third-order valence-corrected chi connectivity index (χ3v) is 8.24. The highest BCUT2D eigenvalue weighted by atomic mass is 16.8. The number of aliphatic hydroxyl groups is 1. The number of fused-ring (bicyclic) bond motifs is 1. The Morgan fingerprint density at radius 1 is 0.771 bits per heavy atom. The lowest BCUT2D eigenvalue weighted by molar-refractivity contribution is -0.206. The van der Waals surface area contributed by atoms with E-state index >= 15 is 0 Å². The van der Waals surface area contributed by atoms with Crippen LogP contribution in [0.3, 0.4) is 0 Å². The zero-order valence-electron chi connectivity index (χ0n) is 20.7. The quantitative estimate of drug-likeness (QED) is 0.471. The molecular formula is C25H40N2O8. The number of carbonyl (C=O) groups excluding carboxylic acids is 2. The van der Waals surface area contributed by atoms with E-state index in [4.69, 9.17) is 23.7 Å². The highest BCUT2D eigenvalue weighted by Crippen LogP contribution is 2.40. The van der Waals surface area contributed by atoms with Crippen LogP contribution in [0.25, 0.3) is 0 Å². The van der Waals surface area contributed by atoms with Crippen LogP contribution < -0.4 is 10.6 Å². The van der Waals surface area contributed by atoms with Crippen molar-refractivity contribution in [3.8, 4) is 0 Å². The number of rotatable bonds is 6. The van der Waals surface area contributed by atoms with Gasteiger partial charge < -0.3 is 39.4 Å². The molecule has 7 atom stereocenters. The lowest BCUT2D eigenvalue weighted by atomic mass is 9.85. The average Bonchev–Trinajstić information content (AvgIpc) is 3.52. The minimum Gasteiger partial charge on any atom is -0.387 e. The van der Waals surface area contributed by atoms with Gasteiger partial charge in [-0.05, 0) is 64.2 Å². The first-order valence-corrected chi connectivity index (χ1v) is 13.4. The van der Waals surface area contributed by atoms with Crippen LogP contribution in [0.4, 0.5) is 0 Å². The van der Waals surface area contributed by atoms with E-state index in [-0.39, 0.29) is 48.6 Å². The molecule has 10 nitrogen and oxygen atoms in total. The first-order chi connectivity index (χ1) is 16.9. The van der Waals surface area contributed by atoms with Crippen LogP contribution in [0.15, 0.2) is 0 Å². The zero-order valence-corrected chi connectivity index (χ0v) is 20.7. The maximum atomic E-state index is 12.4. The van der Waals surface area contributed by atoms with E-state index < -0.39 is 30.9 Å². The normalized spacial score (nSPS) is 45.7. The Balaban J connectivity index is 1.00. The molecule has 0 aromatic heterocycles. The van der Waals surface area contributed by atoms with Crippen LogP contribution in [-0.4, -0.2) is 78.9 Å². The number of hydrogen-bond donors (Lipinski definition) is 3. The minimum absolute atomic E-state index is 0.0516. The van der Waals surface area contributed by atoms with E-state index in [0.717, 1.165) is 57.3 Å². The fourth-order valence-corrected chi connectivity index (χ4v) is 6.13. The molecule has 198 valence electrons. The van der Waals surface area contributed by atoms with Gasteiger partial charge in [-0.25, -0.2) is 0 Å². The Hall–Kier alpha value is -1.30. The highest BCUT2D eigenvalue weighted by molar-refractivity contribution is 5.97. The first kappa shape index (κ1) is 25.4. The highest BCUT2D eigenvalue weighted by Gasteiger charge is 2.56. The van der Waals surface area contributed by atoms with Crippen LogP contribution in [0.1, 0.15) is 71.6 Å². The summed E-state index contributed by atoms with van der Waals surface area (Å²) in [5.41, 5.74) is 0. The fourth-order valence-electron chi connectivity index (χ4n) is 6.13. The Morgan fingerprint density at radius 3 is 1.94 bits per heavy atom. The molecule has 2 aliphatic carbocycles. The SMILES string of the molecule is CC1CCC(NC(=O)CC(=O)NC2CCC(C3OC4OC(C5COC(C)O5)C(O)C4O3)CC2)CC1. The van der Waals surface area contributed by atoms with Crippen LogP contribution in [-0.2, 0) is 33.3 Å². The summed E-state index contributed by atoms with van der Waals surface area (Å²) in [6, 6.07) is 0.254. The molecule has 0 aromatic rings. The summed E-state index contributed by atoms with van der Waals surface area (Å²) in [6.45, 7) is 4.44. The molecule has 0 spiro atoms. The van der Waals surface area contributed by atoms with Gasteiger partial charge >= 0.3 is 0 Å². The molecule has 10 heteroatoms. The van der Waals surface area contributed by atoms with E-state index in [1.165, 1.54) is 0 Å². The van der Waals surface area contributed by atoms with Gasteiger partial charge in [0, 0.05) is 18.0 Å². The van der Waals surface area contributed by atoms with Gasteiger partial charge in [-0.1, -0.05) is 6.92 Å². The summed E-state index contributed by atoms with van der Waals surface area (Å²) in [7, 11) is 0. The Morgan fingerprint density at radius 2 is 1.37 bits per heavy atom. The van der Waals surface area contributed by atoms with Crippen LogP contribution in [0.2, 0.25) is 0 Å². The standard InChI is InChI=1S/C25H40N2O8/c1-13-3-7-16(8-4-13)26-19(28)11-20(29)27-17-9-5-15(6-10-17)24-34-23-21(30)22(33-25(23)35-24)18-12-31-14(2)32-18/h13-18,21-25,30H,3-12H2,1-2H3,(H,26,28)(H,27,29). The van der Waals surface area contributed by atoms with Crippen LogP contribution >= 0.6 is 0 Å². The Kier molecular flexibility index (Phi) is 7.96. The predicted octanol–water partition coefficient (Wildman–Crippen LogP) is 1.34. The lowest BCUT2D eigenvalue weighted by Crippen LogP contribution is -2.44. The molecule has 0 bridgehead atoms. The lowest BCUT2D eigenvalue weighted by Gasteiger charge is -2.32. The number of amides is 2. The first-order valence-electron chi connectivity index (χ1n) is 13.4. The monoisotopic (exact) mass is 496 g/mol. The van der Waals surface area contributed by atoms with Crippen molar-refractivity contribution in [1.29, 1.82) is 0 Å². The molecule has 0 radical (unpaired) electrons. The summed E-state index contributed by atoms with van der Waals surface area (Å²) < 4.78 is 29.1. The van der Waals surface area contributed by atoms with Crippen LogP contribution in [0, 0.1) is 11.8 Å². The van der Waals surface area contributed by atoms with Crippen molar-refractivity contribution in [1.82, 2.24) is 10.6 Å². The van der Waals surface area contributed by atoms with E-state index in [1.807, 2.05) is 6.92 Å². The van der Waals surface area contributed by atoms with Gasteiger partial charge in [-0.3, -0.25) is 9.59 Å². The molecule has 2 saturated carbocycles. The number of ether oxygens (including phenoxy) is 5. The second kappa shape index (κ2) is 11.0. The molecule has 3 N–H and O–H groups in total. The van der Waals surface area contributed by atoms with Crippen molar-refractivity contribution in [2.75, 3.05) is 6.61 Å². The van der Waals surface area contributed by atoms with Gasteiger partial charge in [0.1, 0.15) is 30.8 Å². The summed E-state index contributed by atoms with van der Waals surface area (Å²) >= 11 is 0. The van der Waals surface area contributed by atoms with Gasteiger partial charge in [-0.15, -0.1) is 0 Å². The molecule has 3 aliphatic heterocycles. The fraction of sp³-hybridized carbons (Fsp3) is 0.920. The molecule has 35 heavy (non-hydrogen) atoms. The Bertz CT molecular complexity index is 752. The molecule has 5 rings (SSSR count). The van der Waals surface area contributed by atoms with Gasteiger partial charge in [0.25, 0.3) is 0 Å². The van der Waals surface area contributed by atoms with Crippen molar-refractivity contribution < 1.29 is 38.4 Å². The summed E-state index contributed by atoms with van der Waals surface area (Å²) in [6.07, 6.45) is 3.83. The zero-order chi connectivity index (χ0) is 24.5. The Labute approximate surface area is 206 Å². The van der Waals surface area contributed by atoms with Gasteiger partial charge in [0.05, 0.1) is 6.61 Å². The molecular weight excluding hydrogens is 456 g/mol. The van der Waals surface area contributed by atoms with Gasteiger partial charge in [-0.2, -0.15) is 0 Å². The van der Waals surface area contributed by atoms with Crippen molar-refractivity contribution in [2.24, 2.45) is 11.8 Å². The van der Waals surface area contributed by atoms with E-state index in [0.29, 0.717) is 6.61 Å². The summed E-state index contributed by atoms with van der Waals surface area (Å²) in [5, 5.41) is 16.7. The van der Waals surface area contributed by atoms with E-state index in [2.05, 4.69) is 17.6 Å². The predicted molar refractivity (Wildman–Crippen MR) is 123 cm³/mol. The van der Waals surface area contributed by atoms with Gasteiger partial charge in [0.2, 0.25) is 11.8 Å². The molecule has 3 heterocycles. The topological polar surface area (TPSA) is 125 Å². The van der Waals surface area contributed by atoms with Crippen LogP contribution in [0.5, 0.6) is 0 Å². The third kappa shape index (κ3) is 5.99. The largest absolute Gasteiger partial charge is 0.387 e. The van der Waals surface area contributed by atoms with Crippen molar-refractivity contribution in [2.45, 2.75) is 127 Å². The smallest absolute Gasteiger partial charge is 0.229 e. The van der Waals surface area contributed by atoms with Crippen molar-refractivity contribution in [3.05, 3.63) is 0 Å². The van der Waals surface area contributed by atoms with Gasteiger partial charge in [0.15, 0.2) is 18.9 Å². The number of aliphatic hydroxyl groups excluding tert-OH is 1. The maximum Gasteiger partial charge on any atom is 0.229 e. The van der Waals surface area contributed by atoms with E-state index in [1.54, 1.807) is 0 Å². The summed E-state index contributed by atoms with van der Waals surface area (Å²) in [5.74, 6) is 0.497. The second-order valence-corrected chi connectivity index (χ2v) is 11.0. The number of carbonyl (C=O) groups is 2. The van der Waals surface area contributed by atoms with Crippen molar-refractivity contribution in [3.63, 3.8) is 0 Å². The molecule has 2 amide bonds. The molecule has 5 fully saturated rings. The second-order valence-electron chi connectivity index (χ2n) is 11.0. The molecule has 7 unspecified atom stereocenters. The number of nitrogens with one attached hydrogen (secondary N) is 2. The molecule has 0 aromatic carbocycles. The molecule has 5 aliphatic rings. The third-order valence-electron chi connectivity index (χ3n) is 8.24. The van der Waals surface area contributed by atoms with Crippen molar-refractivity contribution >= 4 is 11.8 Å². The molecule has 3 saturated heterocycles. The summed E-state index contributed by atoms with van der Waals surface area (Å²) in [4.78, 5) is 24.7. The minimum atomic E-state index is -0.831. The van der Waals surface area contributed by atoms with E-state index in [9.17, 15) is 14.7 Å². The number of hydrogen-bond acceptors (Lipinski definition) is 8.